The summed E-state index contributed by atoms with van der Waals surface area (Å²) in [7, 11) is 0. The van der Waals surface area contributed by atoms with Gasteiger partial charge in [-0.05, 0) is 30.2 Å². The number of Topliss-reactive ketones (excluding diaryl/α,β-unsaturated/α-hetero) is 1. The molecular formula is C19H29FN2O2. The van der Waals surface area contributed by atoms with Crippen molar-refractivity contribution in [1.82, 2.24) is 9.88 Å². The molecule has 0 aliphatic heterocycles. The normalized spacial score (nSPS) is 16.4. The zero-order valence-electron chi connectivity index (χ0n) is 15.5. The zero-order chi connectivity index (χ0) is 18.1. The van der Waals surface area contributed by atoms with E-state index in [9.17, 15) is 14.0 Å². The molecule has 0 aromatic carbocycles. The van der Waals surface area contributed by atoms with Crippen LogP contribution in [0, 0.1) is 18.3 Å². The molecule has 134 valence electrons. The first-order valence-corrected chi connectivity index (χ1v) is 8.73. The number of hydrogen-bond donors (Lipinski definition) is 1. The van der Waals surface area contributed by atoms with Crippen LogP contribution in [0.15, 0.2) is 0 Å². The molecule has 0 unspecified atom stereocenters. The van der Waals surface area contributed by atoms with Gasteiger partial charge >= 0.3 is 0 Å². The summed E-state index contributed by atoms with van der Waals surface area (Å²) in [4.78, 5) is 24.8. The molecule has 1 aliphatic carbocycles. The Balaban J connectivity index is 2.46. The number of carbonyl (C=O) groups is 2. The van der Waals surface area contributed by atoms with Crippen LogP contribution in [0.3, 0.4) is 0 Å². The number of nitrogens with zero attached hydrogens (tertiary/aromatic N) is 1. The Kier molecular flexibility index (Phi) is 5.51. The summed E-state index contributed by atoms with van der Waals surface area (Å²) in [5.74, 6) is 0.353. The topological polar surface area (TPSA) is 51.1 Å². The maximum Gasteiger partial charge on any atom is 0.224 e. The molecule has 1 aromatic heterocycles. The van der Waals surface area contributed by atoms with Crippen molar-refractivity contribution in [3.63, 3.8) is 0 Å². The van der Waals surface area contributed by atoms with Gasteiger partial charge in [-0.15, -0.1) is 0 Å². The van der Waals surface area contributed by atoms with E-state index in [1.165, 1.54) is 0 Å². The van der Waals surface area contributed by atoms with Crippen molar-refractivity contribution >= 4 is 11.7 Å². The van der Waals surface area contributed by atoms with E-state index >= 15 is 0 Å². The number of halogens is 1. The van der Waals surface area contributed by atoms with E-state index in [-0.39, 0.29) is 30.1 Å². The highest BCUT2D eigenvalue weighted by atomic mass is 19.1. The fraction of sp³-hybridized carbons (Fsp3) is 0.684. The molecule has 5 heteroatoms. The van der Waals surface area contributed by atoms with Crippen molar-refractivity contribution in [2.45, 2.75) is 60.4 Å². The van der Waals surface area contributed by atoms with Gasteiger partial charge in [-0.1, -0.05) is 27.7 Å². The number of alkyl halides is 1. The van der Waals surface area contributed by atoms with Crippen LogP contribution in [0.25, 0.3) is 0 Å². The van der Waals surface area contributed by atoms with Crippen LogP contribution in [0.2, 0.25) is 0 Å². The third-order valence-corrected chi connectivity index (χ3v) is 4.62. The molecular weight excluding hydrogens is 307 g/mol. The third kappa shape index (κ3) is 3.87. The van der Waals surface area contributed by atoms with Crippen LogP contribution < -0.4 is 5.32 Å². The number of ketones is 1. The Bertz CT molecular complexity index is 644. The first kappa shape index (κ1) is 18.7. The first-order valence-electron chi connectivity index (χ1n) is 8.73. The Morgan fingerprint density at radius 2 is 2.00 bits per heavy atom. The van der Waals surface area contributed by atoms with Crippen molar-refractivity contribution < 1.29 is 14.0 Å². The number of aromatic nitrogens is 1. The molecule has 1 aliphatic rings. The van der Waals surface area contributed by atoms with E-state index in [1.807, 2.05) is 6.92 Å². The maximum atomic E-state index is 12.8. The zero-order valence-corrected chi connectivity index (χ0v) is 15.5. The lowest BCUT2D eigenvalue weighted by atomic mass is 9.75. The van der Waals surface area contributed by atoms with Crippen molar-refractivity contribution in [2.24, 2.45) is 11.3 Å². The lowest BCUT2D eigenvalue weighted by molar-refractivity contribution is -0.120. The minimum absolute atomic E-state index is 0.0216. The number of rotatable bonds is 6. The van der Waals surface area contributed by atoms with Gasteiger partial charge in [0.1, 0.15) is 6.67 Å². The van der Waals surface area contributed by atoms with Gasteiger partial charge in [0.25, 0.3) is 0 Å². The van der Waals surface area contributed by atoms with Gasteiger partial charge < -0.3 is 9.88 Å². The summed E-state index contributed by atoms with van der Waals surface area (Å²) < 4.78 is 14.5. The van der Waals surface area contributed by atoms with E-state index in [0.29, 0.717) is 12.3 Å². The van der Waals surface area contributed by atoms with Gasteiger partial charge in [-0.2, -0.15) is 0 Å². The molecule has 0 saturated carbocycles. The fourth-order valence-electron chi connectivity index (χ4n) is 3.65. The van der Waals surface area contributed by atoms with Crippen LogP contribution in [0.1, 0.15) is 61.4 Å². The maximum absolute atomic E-state index is 12.8. The van der Waals surface area contributed by atoms with Crippen LogP contribution >= 0.6 is 0 Å². The summed E-state index contributed by atoms with van der Waals surface area (Å²) in [6.45, 7) is 10.8. The summed E-state index contributed by atoms with van der Waals surface area (Å²) in [6, 6.07) is 0. The molecule has 0 spiro atoms. The Labute approximate surface area is 143 Å². The molecule has 1 aromatic rings. The lowest BCUT2D eigenvalue weighted by Crippen LogP contribution is -2.30. The molecule has 0 radical (unpaired) electrons. The molecule has 0 fully saturated rings. The van der Waals surface area contributed by atoms with E-state index < -0.39 is 6.67 Å². The predicted molar refractivity (Wildman–Crippen MR) is 93.1 cm³/mol. The summed E-state index contributed by atoms with van der Waals surface area (Å²) in [5.41, 5.74) is 3.56. The number of nitrogens with one attached hydrogen (secondary N) is 1. The van der Waals surface area contributed by atoms with Crippen LogP contribution in [0.5, 0.6) is 0 Å². The molecule has 2 rings (SSSR count). The molecule has 0 atom stereocenters. The van der Waals surface area contributed by atoms with Crippen molar-refractivity contribution in [1.29, 1.82) is 0 Å². The largest absolute Gasteiger partial charge is 0.353 e. The summed E-state index contributed by atoms with van der Waals surface area (Å²) in [5, 5.41) is 2.56. The van der Waals surface area contributed by atoms with Crippen LogP contribution in [-0.2, 0) is 24.2 Å². The van der Waals surface area contributed by atoms with Crippen molar-refractivity contribution in [2.75, 3.05) is 13.2 Å². The van der Waals surface area contributed by atoms with Gasteiger partial charge in [0.15, 0.2) is 5.78 Å². The number of fused-ring (bicyclic) bond motifs is 1. The number of amides is 1. The molecule has 1 heterocycles. The van der Waals surface area contributed by atoms with Gasteiger partial charge in [-0.3, -0.25) is 9.59 Å². The second-order valence-corrected chi connectivity index (χ2v) is 8.05. The van der Waals surface area contributed by atoms with E-state index in [1.54, 1.807) is 0 Å². The lowest BCUT2D eigenvalue weighted by Gasteiger charge is -2.30. The Morgan fingerprint density at radius 1 is 1.33 bits per heavy atom. The minimum Gasteiger partial charge on any atom is -0.353 e. The molecule has 0 saturated heterocycles. The van der Waals surface area contributed by atoms with Crippen molar-refractivity contribution in [3.05, 3.63) is 22.5 Å². The molecule has 0 bridgehead atoms. The SMILES string of the molecule is Cc1c(CC(=O)NCCF)c2c(n1CC(C)C)CC(C)(C)CC2=O. The van der Waals surface area contributed by atoms with E-state index in [0.717, 1.165) is 35.5 Å². The Hall–Kier alpha value is -1.65. The van der Waals surface area contributed by atoms with Crippen LogP contribution in [-0.4, -0.2) is 29.5 Å². The van der Waals surface area contributed by atoms with E-state index in [2.05, 4.69) is 37.6 Å². The molecule has 4 nitrogen and oxygen atoms in total. The molecule has 1 N–H and O–H groups in total. The molecule has 1 amide bonds. The van der Waals surface area contributed by atoms with Gasteiger partial charge in [0.05, 0.1) is 6.42 Å². The monoisotopic (exact) mass is 336 g/mol. The third-order valence-electron chi connectivity index (χ3n) is 4.62. The second kappa shape index (κ2) is 7.08. The second-order valence-electron chi connectivity index (χ2n) is 8.05. The van der Waals surface area contributed by atoms with Crippen LogP contribution in [0.4, 0.5) is 4.39 Å². The highest BCUT2D eigenvalue weighted by molar-refractivity contribution is 6.01. The van der Waals surface area contributed by atoms with E-state index in [4.69, 9.17) is 0 Å². The standard InChI is InChI=1S/C19H29FN2O2/c1-12(2)11-22-13(3)14(8-17(24)21-7-6-20)18-15(22)9-19(4,5)10-16(18)23/h12H,6-11H2,1-5H3,(H,21,24). The average molecular weight is 336 g/mol. The summed E-state index contributed by atoms with van der Waals surface area (Å²) in [6.07, 6.45) is 1.49. The number of hydrogen-bond acceptors (Lipinski definition) is 2. The quantitative estimate of drug-likeness (QED) is 0.867. The summed E-state index contributed by atoms with van der Waals surface area (Å²) >= 11 is 0. The highest BCUT2D eigenvalue weighted by Crippen LogP contribution is 2.39. The predicted octanol–water partition coefficient (Wildman–Crippen LogP) is 3.24. The van der Waals surface area contributed by atoms with Gasteiger partial charge in [0, 0.05) is 36.5 Å². The van der Waals surface area contributed by atoms with Crippen molar-refractivity contribution in [3.8, 4) is 0 Å². The van der Waals surface area contributed by atoms with Gasteiger partial charge in [0.2, 0.25) is 5.91 Å². The number of carbonyl (C=O) groups excluding carboxylic acids is 2. The first-order chi connectivity index (χ1) is 11.2. The average Bonchev–Trinajstić information content (AvgIpc) is 2.69. The highest BCUT2D eigenvalue weighted by Gasteiger charge is 2.37. The Morgan fingerprint density at radius 3 is 2.58 bits per heavy atom. The fourth-order valence-corrected chi connectivity index (χ4v) is 3.65. The minimum atomic E-state index is -0.579. The van der Waals surface area contributed by atoms with Gasteiger partial charge in [-0.25, -0.2) is 4.39 Å². The smallest absolute Gasteiger partial charge is 0.224 e. The molecule has 24 heavy (non-hydrogen) atoms.